The number of hydrogen-bond donors (Lipinski definition) is 1. The van der Waals surface area contributed by atoms with Gasteiger partial charge in [-0.3, -0.25) is 0 Å². The lowest BCUT2D eigenvalue weighted by molar-refractivity contribution is 0.241. The summed E-state index contributed by atoms with van der Waals surface area (Å²) in [6.45, 7) is 3.47. The van der Waals surface area contributed by atoms with Crippen molar-refractivity contribution in [2.75, 3.05) is 6.54 Å². The standard InChI is InChI=1S/C11H19N/c1-3-4-5-6-7-12-11-8-10(2)9-11/h1,10-12H,4-9H2,2H3. The van der Waals surface area contributed by atoms with Crippen molar-refractivity contribution in [3.63, 3.8) is 0 Å². The Morgan fingerprint density at radius 2 is 2.17 bits per heavy atom. The quantitative estimate of drug-likeness (QED) is 0.486. The molecular formula is C11H19N. The average Bonchev–Trinajstić information content (AvgIpc) is 2.00. The Kier molecular flexibility index (Phi) is 4.18. The first-order valence-corrected chi connectivity index (χ1v) is 4.99. The Hall–Kier alpha value is -0.480. The number of terminal acetylenes is 1. The van der Waals surface area contributed by atoms with Gasteiger partial charge in [-0.05, 0) is 38.1 Å². The number of hydrogen-bond acceptors (Lipinski definition) is 1. The summed E-state index contributed by atoms with van der Waals surface area (Å²) < 4.78 is 0. The van der Waals surface area contributed by atoms with Crippen LogP contribution in [0.2, 0.25) is 0 Å². The zero-order valence-corrected chi connectivity index (χ0v) is 7.97. The summed E-state index contributed by atoms with van der Waals surface area (Å²) >= 11 is 0. The van der Waals surface area contributed by atoms with Crippen LogP contribution in [0.5, 0.6) is 0 Å². The molecule has 1 aliphatic rings. The second-order valence-electron chi connectivity index (χ2n) is 3.89. The van der Waals surface area contributed by atoms with Crippen LogP contribution in [-0.2, 0) is 0 Å². The summed E-state index contributed by atoms with van der Waals surface area (Å²) in [4.78, 5) is 0. The normalized spacial score (nSPS) is 27.7. The molecule has 1 saturated carbocycles. The van der Waals surface area contributed by atoms with Gasteiger partial charge in [-0.1, -0.05) is 6.92 Å². The Labute approximate surface area is 75.9 Å². The van der Waals surface area contributed by atoms with Crippen LogP contribution in [0.15, 0.2) is 0 Å². The molecule has 1 aliphatic carbocycles. The molecule has 0 radical (unpaired) electrons. The van der Waals surface area contributed by atoms with E-state index < -0.39 is 0 Å². The highest BCUT2D eigenvalue weighted by Crippen LogP contribution is 2.25. The first-order valence-electron chi connectivity index (χ1n) is 4.99. The minimum atomic E-state index is 0.811. The summed E-state index contributed by atoms with van der Waals surface area (Å²) in [5, 5.41) is 3.54. The van der Waals surface area contributed by atoms with Gasteiger partial charge in [0.15, 0.2) is 0 Å². The maximum absolute atomic E-state index is 5.16. The lowest BCUT2D eigenvalue weighted by Gasteiger charge is -2.33. The molecule has 0 aromatic rings. The first kappa shape index (κ1) is 9.61. The third kappa shape index (κ3) is 3.28. The molecule has 1 fully saturated rings. The highest BCUT2D eigenvalue weighted by Gasteiger charge is 2.23. The topological polar surface area (TPSA) is 12.0 Å². The summed E-state index contributed by atoms with van der Waals surface area (Å²) in [5.41, 5.74) is 0. The molecule has 0 saturated heterocycles. The molecule has 1 N–H and O–H groups in total. The van der Waals surface area contributed by atoms with Crippen LogP contribution >= 0.6 is 0 Å². The molecule has 0 bridgehead atoms. The van der Waals surface area contributed by atoms with E-state index in [2.05, 4.69) is 18.2 Å². The largest absolute Gasteiger partial charge is 0.314 e. The molecule has 1 heteroatoms. The van der Waals surface area contributed by atoms with E-state index in [4.69, 9.17) is 6.42 Å². The molecular weight excluding hydrogens is 146 g/mol. The molecule has 0 aromatic carbocycles. The monoisotopic (exact) mass is 165 g/mol. The van der Waals surface area contributed by atoms with Gasteiger partial charge < -0.3 is 5.32 Å². The third-order valence-electron chi connectivity index (χ3n) is 2.55. The molecule has 68 valence electrons. The van der Waals surface area contributed by atoms with Crippen LogP contribution in [0.1, 0.15) is 39.0 Å². The van der Waals surface area contributed by atoms with Crippen molar-refractivity contribution in [1.82, 2.24) is 5.32 Å². The maximum Gasteiger partial charge on any atom is 0.00865 e. The molecule has 0 atom stereocenters. The van der Waals surface area contributed by atoms with E-state index in [0.717, 1.165) is 24.9 Å². The fourth-order valence-corrected chi connectivity index (χ4v) is 1.73. The van der Waals surface area contributed by atoms with Crippen molar-refractivity contribution in [3.05, 3.63) is 0 Å². The zero-order chi connectivity index (χ0) is 8.81. The maximum atomic E-state index is 5.16. The lowest BCUT2D eigenvalue weighted by Crippen LogP contribution is -2.40. The Bertz CT molecular complexity index is 151. The van der Waals surface area contributed by atoms with E-state index in [1.807, 2.05) is 0 Å². The van der Waals surface area contributed by atoms with E-state index in [0.29, 0.717) is 0 Å². The zero-order valence-electron chi connectivity index (χ0n) is 7.97. The summed E-state index contributed by atoms with van der Waals surface area (Å²) in [6, 6.07) is 0.811. The molecule has 12 heavy (non-hydrogen) atoms. The fourth-order valence-electron chi connectivity index (χ4n) is 1.73. The van der Waals surface area contributed by atoms with Crippen LogP contribution in [0.4, 0.5) is 0 Å². The summed E-state index contributed by atoms with van der Waals surface area (Å²) in [7, 11) is 0. The molecule has 0 spiro atoms. The molecule has 0 unspecified atom stereocenters. The Morgan fingerprint density at radius 3 is 2.75 bits per heavy atom. The predicted molar refractivity (Wildman–Crippen MR) is 52.9 cm³/mol. The lowest BCUT2D eigenvalue weighted by atomic mass is 9.82. The van der Waals surface area contributed by atoms with Gasteiger partial charge in [0.05, 0.1) is 0 Å². The smallest absolute Gasteiger partial charge is 0.00865 e. The van der Waals surface area contributed by atoms with Crippen LogP contribution in [-0.4, -0.2) is 12.6 Å². The van der Waals surface area contributed by atoms with E-state index in [-0.39, 0.29) is 0 Å². The highest BCUT2D eigenvalue weighted by molar-refractivity contribution is 4.84. The van der Waals surface area contributed by atoms with Gasteiger partial charge in [-0.25, -0.2) is 0 Å². The highest BCUT2D eigenvalue weighted by atomic mass is 14.9. The molecule has 0 heterocycles. The summed E-state index contributed by atoms with van der Waals surface area (Å²) in [6.07, 6.45) is 11.2. The molecule has 0 amide bonds. The van der Waals surface area contributed by atoms with Gasteiger partial charge in [0.25, 0.3) is 0 Å². The SMILES string of the molecule is C#CCCCCNC1CC(C)C1. The van der Waals surface area contributed by atoms with Crippen molar-refractivity contribution in [3.8, 4) is 12.3 Å². The van der Waals surface area contributed by atoms with Gasteiger partial charge in [-0.15, -0.1) is 12.3 Å². The minimum Gasteiger partial charge on any atom is -0.314 e. The number of rotatable bonds is 5. The van der Waals surface area contributed by atoms with E-state index in [1.54, 1.807) is 0 Å². The van der Waals surface area contributed by atoms with Crippen LogP contribution < -0.4 is 5.32 Å². The van der Waals surface area contributed by atoms with Gasteiger partial charge in [-0.2, -0.15) is 0 Å². The van der Waals surface area contributed by atoms with E-state index in [1.165, 1.54) is 25.7 Å². The third-order valence-corrected chi connectivity index (χ3v) is 2.55. The van der Waals surface area contributed by atoms with Crippen molar-refractivity contribution >= 4 is 0 Å². The van der Waals surface area contributed by atoms with Crippen molar-refractivity contribution in [2.24, 2.45) is 5.92 Å². The second-order valence-corrected chi connectivity index (χ2v) is 3.89. The predicted octanol–water partition coefficient (Wildman–Crippen LogP) is 2.18. The van der Waals surface area contributed by atoms with Crippen LogP contribution in [0.3, 0.4) is 0 Å². The Morgan fingerprint density at radius 1 is 1.42 bits per heavy atom. The van der Waals surface area contributed by atoms with Gasteiger partial charge in [0.1, 0.15) is 0 Å². The number of nitrogens with one attached hydrogen (secondary N) is 1. The molecule has 1 nitrogen and oxygen atoms in total. The van der Waals surface area contributed by atoms with Crippen molar-refractivity contribution in [2.45, 2.75) is 45.1 Å². The van der Waals surface area contributed by atoms with Crippen molar-refractivity contribution < 1.29 is 0 Å². The van der Waals surface area contributed by atoms with Crippen molar-refractivity contribution in [1.29, 1.82) is 0 Å². The molecule has 1 rings (SSSR count). The van der Waals surface area contributed by atoms with Crippen LogP contribution in [0, 0.1) is 18.3 Å². The Balaban J connectivity index is 1.81. The molecule has 0 aromatic heterocycles. The number of unbranched alkanes of at least 4 members (excludes halogenated alkanes) is 2. The fraction of sp³-hybridized carbons (Fsp3) is 0.818. The summed E-state index contributed by atoms with van der Waals surface area (Å²) in [5.74, 6) is 3.62. The first-order chi connectivity index (χ1) is 5.83. The van der Waals surface area contributed by atoms with Gasteiger partial charge in [0, 0.05) is 12.5 Å². The average molecular weight is 165 g/mol. The molecule has 0 aliphatic heterocycles. The van der Waals surface area contributed by atoms with Gasteiger partial charge >= 0.3 is 0 Å². The van der Waals surface area contributed by atoms with Crippen LogP contribution in [0.25, 0.3) is 0 Å². The minimum absolute atomic E-state index is 0.811. The second kappa shape index (κ2) is 5.22. The van der Waals surface area contributed by atoms with Gasteiger partial charge in [0.2, 0.25) is 0 Å². The van der Waals surface area contributed by atoms with E-state index in [9.17, 15) is 0 Å². The van der Waals surface area contributed by atoms with E-state index >= 15 is 0 Å².